The second kappa shape index (κ2) is 5.23. The molecule has 0 unspecified atom stereocenters. The van der Waals surface area contributed by atoms with Gasteiger partial charge in [0.1, 0.15) is 5.10 Å². The first-order valence-corrected chi connectivity index (χ1v) is 2.88. The summed E-state index contributed by atoms with van der Waals surface area (Å²) in [5.74, 6) is -0.545. The Labute approximate surface area is 67.1 Å². The van der Waals surface area contributed by atoms with Crippen LogP contribution < -0.4 is 11.3 Å². The van der Waals surface area contributed by atoms with Crippen molar-refractivity contribution in [3.63, 3.8) is 0 Å². The first-order valence-electron chi connectivity index (χ1n) is 2.88. The van der Waals surface area contributed by atoms with Gasteiger partial charge in [-0.1, -0.05) is 0 Å². The fraction of sp³-hybridized carbons (Fsp3) is 0.667. The van der Waals surface area contributed by atoms with Crippen LogP contribution in [0, 0.1) is 10.1 Å². The smallest absolute Gasteiger partial charge is 0.284 e. The van der Waals surface area contributed by atoms with Crippen LogP contribution in [-0.4, -0.2) is 39.5 Å². The van der Waals surface area contributed by atoms with E-state index in [0.717, 1.165) is 0 Å². The SMILES string of the molecule is NC(=N[N+](=O)[O-])N(CCO)NO. The molecule has 5 N–H and O–H groups in total. The van der Waals surface area contributed by atoms with E-state index in [4.69, 9.17) is 16.0 Å². The molecule has 0 radical (unpaired) electrons. The molecule has 0 aromatic carbocycles. The van der Waals surface area contributed by atoms with Gasteiger partial charge in [-0.15, -0.1) is 5.59 Å². The Kier molecular flexibility index (Phi) is 4.60. The van der Waals surface area contributed by atoms with E-state index in [9.17, 15) is 10.1 Å². The van der Waals surface area contributed by atoms with E-state index in [1.807, 2.05) is 0 Å². The highest BCUT2D eigenvalue weighted by Gasteiger charge is 2.08. The van der Waals surface area contributed by atoms with Gasteiger partial charge in [0.05, 0.1) is 13.2 Å². The first kappa shape index (κ1) is 10.6. The number of rotatable bonds is 4. The number of hydrogen-bond acceptors (Lipinski definition) is 5. The van der Waals surface area contributed by atoms with Crippen molar-refractivity contribution < 1.29 is 15.3 Å². The molecule has 0 aromatic rings. The van der Waals surface area contributed by atoms with E-state index in [-0.39, 0.29) is 13.2 Å². The number of hydrogen-bond donors (Lipinski definition) is 4. The van der Waals surface area contributed by atoms with E-state index < -0.39 is 11.0 Å². The minimum absolute atomic E-state index is 0.111. The van der Waals surface area contributed by atoms with Crippen molar-refractivity contribution in [2.45, 2.75) is 0 Å². The van der Waals surface area contributed by atoms with Gasteiger partial charge >= 0.3 is 0 Å². The molecule has 0 aliphatic heterocycles. The summed E-state index contributed by atoms with van der Waals surface area (Å²) in [6.07, 6.45) is 0. The lowest BCUT2D eigenvalue weighted by Crippen LogP contribution is -2.47. The minimum Gasteiger partial charge on any atom is -0.394 e. The largest absolute Gasteiger partial charge is 0.394 e. The van der Waals surface area contributed by atoms with E-state index in [0.29, 0.717) is 5.01 Å². The molecule has 0 spiro atoms. The summed E-state index contributed by atoms with van der Waals surface area (Å²) in [6.45, 7) is -0.443. The van der Waals surface area contributed by atoms with E-state index >= 15 is 0 Å². The lowest BCUT2D eigenvalue weighted by molar-refractivity contribution is -0.486. The molecule has 12 heavy (non-hydrogen) atoms. The normalized spacial score (nSPS) is 11.3. The van der Waals surface area contributed by atoms with Gasteiger partial charge in [0.2, 0.25) is 0 Å². The number of hydrazone groups is 1. The summed E-state index contributed by atoms with van der Waals surface area (Å²) in [5, 5.41) is 28.8. The standard InChI is InChI=1S/C3H9N5O4/c4-3(5-8(11)12)7(6-10)1-2-9/h6,9-10H,1-2H2,(H2,4,5). The third-order valence-electron chi connectivity index (χ3n) is 0.905. The van der Waals surface area contributed by atoms with Crippen LogP contribution in [-0.2, 0) is 0 Å². The molecule has 0 saturated heterocycles. The minimum atomic E-state index is -1.02. The molecule has 9 nitrogen and oxygen atoms in total. The Hall–Kier alpha value is -1.45. The second-order valence-corrected chi connectivity index (χ2v) is 1.67. The molecule has 0 bridgehead atoms. The zero-order valence-electron chi connectivity index (χ0n) is 6.04. The molecular weight excluding hydrogens is 170 g/mol. The van der Waals surface area contributed by atoms with Gasteiger partial charge in [0.25, 0.3) is 5.96 Å². The zero-order chi connectivity index (χ0) is 9.56. The van der Waals surface area contributed by atoms with Crippen molar-refractivity contribution in [2.75, 3.05) is 13.2 Å². The number of hydrazine groups is 1. The van der Waals surface area contributed by atoms with Gasteiger partial charge in [-0.2, -0.15) is 0 Å². The Morgan fingerprint density at radius 1 is 1.83 bits per heavy atom. The van der Waals surface area contributed by atoms with Crippen molar-refractivity contribution in [2.24, 2.45) is 10.8 Å². The molecule has 0 amide bonds. The molecular formula is C3H9N5O4. The van der Waals surface area contributed by atoms with Crippen LogP contribution in [0.3, 0.4) is 0 Å². The maximum atomic E-state index is 9.77. The summed E-state index contributed by atoms with van der Waals surface area (Å²) in [4.78, 5) is 9.77. The van der Waals surface area contributed by atoms with Crippen molar-refractivity contribution in [3.8, 4) is 0 Å². The zero-order valence-corrected chi connectivity index (χ0v) is 6.04. The summed E-state index contributed by atoms with van der Waals surface area (Å²) in [6, 6.07) is 0. The van der Waals surface area contributed by atoms with Crippen molar-refractivity contribution >= 4 is 5.96 Å². The molecule has 0 fully saturated rings. The molecule has 9 heteroatoms. The fourth-order valence-electron chi connectivity index (χ4n) is 0.453. The average Bonchev–Trinajstić information content (AvgIpc) is 1.98. The first-order chi connectivity index (χ1) is 5.61. The summed E-state index contributed by atoms with van der Waals surface area (Å²) >= 11 is 0. The van der Waals surface area contributed by atoms with Crippen molar-refractivity contribution in [1.82, 2.24) is 10.6 Å². The average molecular weight is 179 g/mol. The van der Waals surface area contributed by atoms with E-state index in [1.165, 1.54) is 5.59 Å². The Balaban J connectivity index is 4.19. The third-order valence-corrected chi connectivity index (χ3v) is 0.905. The molecule has 0 aliphatic carbocycles. The Morgan fingerprint density at radius 3 is 2.75 bits per heavy atom. The van der Waals surface area contributed by atoms with Crippen LogP contribution in [0.4, 0.5) is 0 Å². The highest BCUT2D eigenvalue weighted by Crippen LogP contribution is 1.81. The van der Waals surface area contributed by atoms with Crippen LogP contribution >= 0.6 is 0 Å². The van der Waals surface area contributed by atoms with Crippen LogP contribution in [0.5, 0.6) is 0 Å². The number of nitro groups is 1. The Bertz CT molecular complexity index is 182. The lowest BCUT2D eigenvalue weighted by Gasteiger charge is -2.16. The van der Waals surface area contributed by atoms with Gasteiger partial charge in [0, 0.05) is 0 Å². The number of guanidine groups is 1. The highest BCUT2D eigenvalue weighted by atomic mass is 16.7. The predicted octanol–water partition coefficient (Wildman–Crippen LogP) is -2.32. The van der Waals surface area contributed by atoms with Crippen molar-refractivity contribution in [3.05, 3.63) is 10.1 Å². The highest BCUT2D eigenvalue weighted by molar-refractivity contribution is 5.76. The number of nitrogens with one attached hydrogen (secondary N) is 1. The number of aliphatic hydroxyl groups excluding tert-OH is 1. The van der Waals surface area contributed by atoms with Crippen molar-refractivity contribution in [1.29, 1.82) is 0 Å². The molecule has 0 aromatic heterocycles. The third kappa shape index (κ3) is 3.65. The fourth-order valence-corrected chi connectivity index (χ4v) is 0.453. The van der Waals surface area contributed by atoms with Gasteiger partial charge in [-0.25, -0.2) is 15.1 Å². The predicted molar refractivity (Wildman–Crippen MR) is 37.3 cm³/mol. The maximum Gasteiger partial charge on any atom is 0.284 e. The summed E-state index contributed by atoms with van der Waals surface area (Å²) in [7, 11) is 0. The van der Waals surface area contributed by atoms with Gasteiger partial charge in [0.15, 0.2) is 5.03 Å². The number of nitrogens with two attached hydrogens (primary N) is 1. The molecule has 0 heterocycles. The lowest BCUT2D eigenvalue weighted by atomic mass is 10.6. The van der Waals surface area contributed by atoms with Gasteiger partial charge < -0.3 is 10.8 Å². The number of nitrogens with zero attached hydrogens (tertiary/aromatic N) is 3. The molecule has 0 saturated carbocycles. The Morgan fingerprint density at radius 2 is 2.42 bits per heavy atom. The van der Waals surface area contributed by atoms with Crippen LogP contribution in [0.1, 0.15) is 0 Å². The van der Waals surface area contributed by atoms with Gasteiger partial charge in [-0.05, 0) is 0 Å². The van der Waals surface area contributed by atoms with E-state index in [1.54, 1.807) is 0 Å². The molecule has 70 valence electrons. The number of aliphatic hydroxyl groups is 1. The molecule has 0 atom stereocenters. The molecule has 0 rings (SSSR count). The summed E-state index contributed by atoms with van der Waals surface area (Å²) < 4.78 is 0. The summed E-state index contributed by atoms with van der Waals surface area (Å²) in [5.41, 5.74) is 6.54. The topological polar surface area (TPSA) is 137 Å². The van der Waals surface area contributed by atoms with Crippen LogP contribution in [0.25, 0.3) is 0 Å². The molecule has 0 aliphatic rings. The monoisotopic (exact) mass is 179 g/mol. The van der Waals surface area contributed by atoms with Crippen LogP contribution in [0.15, 0.2) is 5.10 Å². The van der Waals surface area contributed by atoms with Gasteiger partial charge in [-0.3, -0.25) is 5.21 Å². The van der Waals surface area contributed by atoms with E-state index in [2.05, 4.69) is 5.10 Å². The maximum absolute atomic E-state index is 9.77. The van der Waals surface area contributed by atoms with Crippen LogP contribution in [0.2, 0.25) is 0 Å². The second-order valence-electron chi connectivity index (χ2n) is 1.67. The quantitative estimate of drug-likeness (QED) is 0.164.